The van der Waals surface area contributed by atoms with E-state index in [1.54, 1.807) is 11.3 Å². The maximum Gasteiger partial charge on any atom is 0.261 e. The third-order valence-corrected chi connectivity index (χ3v) is 4.90. The van der Waals surface area contributed by atoms with Crippen molar-refractivity contribution >= 4 is 28.6 Å². The Labute approximate surface area is 133 Å². The topological polar surface area (TPSA) is 55.1 Å². The van der Waals surface area contributed by atoms with Gasteiger partial charge in [0.2, 0.25) is 0 Å². The Morgan fingerprint density at radius 2 is 2.29 bits per heavy atom. The summed E-state index contributed by atoms with van der Waals surface area (Å²) in [5, 5.41) is 5.15. The molecule has 5 heteroatoms. The van der Waals surface area contributed by atoms with E-state index in [0.717, 1.165) is 17.7 Å². The number of carbonyl (C=O) groups is 1. The van der Waals surface area contributed by atoms with Crippen LogP contribution in [0.25, 0.3) is 0 Å². The molecule has 1 unspecified atom stereocenters. The third kappa shape index (κ3) is 4.43. The summed E-state index contributed by atoms with van der Waals surface area (Å²) < 4.78 is 0. The molecule has 1 amide bonds. The van der Waals surface area contributed by atoms with Gasteiger partial charge in [-0.05, 0) is 30.0 Å². The molecule has 2 heterocycles. The van der Waals surface area contributed by atoms with Crippen LogP contribution in [0.5, 0.6) is 0 Å². The second-order valence-electron chi connectivity index (χ2n) is 4.50. The first kappa shape index (κ1) is 15.8. The number of hydrogen-bond acceptors (Lipinski definition) is 4. The molecule has 21 heavy (non-hydrogen) atoms. The number of carbonyl (C=O) groups excluding carboxylic acids is 1. The second-order valence-corrected chi connectivity index (χ2v) is 6.56. The number of nitrogens with one attached hydrogen (secondary N) is 1. The Hall–Kier alpha value is -1.61. The molecule has 3 nitrogen and oxygen atoms in total. The molecule has 0 bridgehead atoms. The zero-order valence-corrected chi connectivity index (χ0v) is 13.5. The quantitative estimate of drug-likeness (QED) is 0.830. The first-order chi connectivity index (χ1) is 10.2. The normalized spacial score (nSPS) is 11.5. The lowest BCUT2D eigenvalue weighted by molar-refractivity contribution is 0.0939. The van der Waals surface area contributed by atoms with Crippen LogP contribution in [-0.2, 0) is 0 Å². The third-order valence-electron chi connectivity index (χ3n) is 2.91. The van der Waals surface area contributed by atoms with Gasteiger partial charge in [0.25, 0.3) is 5.91 Å². The van der Waals surface area contributed by atoms with Crippen molar-refractivity contribution in [2.75, 3.05) is 6.54 Å². The lowest BCUT2D eigenvalue weighted by Gasteiger charge is -2.16. The molecule has 0 aromatic carbocycles. The van der Waals surface area contributed by atoms with E-state index < -0.39 is 0 Å². The molecule has 0 saturated carbocycles. The lowest BCUT2D eigenvalue weighted by Crippen LogP contribution is -2.27. The minimum Gasteiger partial charge on any atom is -0.344 e. The molecule has 0 aliphatic rings. The summed E-state index contributed by atoms with van der Waals surface area (Å²) in [6, 6.07) is 7.85. The van der Waals surface area contributed by atoms with Crippen LogP contribution >= 0.6 is 22.7 Å². The van der Waals surface area contributed by atoms with E-state index in [1.807, 2.05) is 23.6 Å². The van der Waals surface area contributed by atoms with Crippen molar-refractivity contribution in [1.82, 2.24) is 5.32 Å². The molecule has 0 spiro atoms. The van der Waals surface area contributed by atoms with Crippen LogP contribution in [0.2, 0.25) is 0 Å². The molecule has 1 atom stereocenters. The maximum absolute atomic E-state index is 12.3. The van der Waals surface area contributed by atoms with Crippen molar-refractivity contribution in [1.29, 1.82) is 0 Å². The van der Waals surface area contributed by atoms with Crippen LogP contribution in [0.4, 0.5) is 0 Å². The Morgan fingerprint density at radius 1 is 1.43 bits per heavy atom. The predicted octanol–water partition coefficient (Wildman–Crippen LogP) is 3.39. The van der Waals surface area contributed by atoms with Gasteiger partial charge in [-0.1, -0.05) is 31.3 Å². The standard InChI is InChI=1S/C16H18N2OS2/c1-2-5-13(14-7-4-11-20-14)18-16(19)15-9-8-12(21-15)6-3-10-17/h4,7-9,11,13H,2,5,10,17H2,1H3,(H,18,19). The number of thiophene rings is 2. The fourth-order valence-corrected chi connectivity index (χ4v) is 3.55. The molecule has 0 radical (unpaired) electrons. The van der Waals surface area contributed by atoms with Gasteiger partial charge in [-0.2, -0.15) is 0 Å². The Morgan fingerprint density at radius 3 is 2.95 bits per heavy atom. The van der Waals surface area contributed by atoms with E-state index in [2.05, 4.69) is 30.1 Å². The monoisotopic (exact) mass is 318 g/mol. The van der Waals surface area contributed by atoms with Gasteiger partial charge < -0.3 is 11.1 Å². The summed E-state index contributed by atoms with van der Waals surface area (Å²) in [5.74, 6) is 5.72. The SMILES string of the molecule is CCCC(NC(=O)c1ccc(C#CCN)s1)c1cccs1. The van der Waals surface area contributed by atoms with Crippen molar-refractivity contribution < 1.29 is 4.79 Å². The smallest absolute Gasteiger partial charge is 0.261 e. The van der Waals surface area contributed by atoms with Gasteiger partial charge >= 0.3 is 0 Å². The number of amides is 1. The molecule has 0 aliphatic heterocycles. The van der Waals surface area contributed by atoms with Gasteiger partial charge in [-0.3, -0.25) is 4.79 Å². The highest BCUT2D eigenvalue weighted by Gasteiger charge is 2.17. The van der Waals surface area contributed by atoms with Gasteiger partial charge in [0.1, 0.15) is 0 Å². The average molecular weight is 318 g/mol. The highest BCUT2D eigenvalue weighted by Crippen LogP contribution is 2.24. The molecule has 2 rings (SSSR count). The molecule has 2 aromatic heterocycles. The van der Waals surface area contributed by atoms with E-state index in [1.165, 1.54) is 16.2 Å². The van der Waals surface area contributed by atoms with E-state index in [4.69, 9.17) is 5.73 Å². The zero-order chi connectivity index (χ0) is 15.1. The minimum atomic E-state index is -0.0346. The van der Waals surface area contributed by atoms with Crippen LogP contribution in [-0.4, -0.2) is 12.5 Å². The molecule has 0 aliphatic carbocycles. The summed E-state index contributed by atoms with van der Waals surface area (Å²) in [5.41, 5.74) is 5.35. The molecule has 0 saturated heterocycles. The van der Waals surface area contributed by atoms with Crippen LogP contribution in [0.1, 0.15) is 45.2 Å². The van der Waals surface area contributed by atoms with Crippen LogP contribution in [0.15, 0.2) is 29.6 Å². The highest BCUT2D eigenvalue weighted by atomic mass is 32.1. The van der Waals surface area contributed by atoms with E-state index in [-0.39, 0.29) is 11.9 Å². The van der Waals surface area contributed by atoms with Crippen molar-refractivity contribution in [2.24, 2.45) is 5.73 Å². The van der Waals surface area contributed by atoms with Crippen molar-refractivity contribution in [3.63, 3.8) is 0 Å². The van der Waals surface area contributed by atoms with Gasteiger partial charge in [0.05, 0.1) is 22.3 Å². The number of nitrogens with two attached hydrogens (primary N) is 1. The summed E-state index contributed by atoms with van der Waals surface area (Å²) in [7, 11) is 0. The molecular formula is C16H18N2OS2. The fourth-order valence-electron chi connectivity index (χ4n) is 1.96. The van der Waals surface area contributed by atoms with Crippen LogP contribution in [0, 0.1) is 11.8 Å². The molecular weight excluding hydrogens is 300 g/mol. The van der Waals surface area contributed by atoms with E-state index in [9.17, 15) is 4.79 Å². The summed E-state index contributed by atoms with van der Waals surface area (Å²) in [6.07, 6.45) is 1.97. The molecule has 0 fully saturated rings. The van der Waals surface area contributed by atoms with Gasteiger partial charge in [-0.25, -0.2) is 0 Å². The minimum absolute atomic E-state index is 0.0346. The molecule has 110 valence electrons. The average Bonchev–Trinajstić information content (AvgIpc) is 3.16. The number of rotatable bonds is 5. The Kier molecular flexibility index (Phi) is 6.00. The van der Waals surface area contributed by atoms with Crippen molar-refractivity contribution in [3.8, 4) is 11.8 Å². The Bertz CT molecular complexity index is 635. The number of hydrogen-bond donors (Lipinski definition) is 2. The lowest BCUT2D eigenvalue weighted by atomic mass is 10.1. The largest absolute Gasteiger partial charge is 0.344 e. The van der Waals surface area contributed by atoms with E-state index in [0.29, 0.717) is 11.4 Å². The Balaban J connectivity index is 2.06. The van der Waals surface area contributed by atoms with Crippen molar-refractivity contribution in [3.05, 3.63) is 44.3 Å². The predicted molar refractivity (Wildman–Crippen MR) is 89.7 cm³/mol. The fraction of sp³-hybridized carbons (Fsp3) is 0.312. The highest BCUT2D eigenvalue weighted by molar-refractivity contribution is 7.14. The van der Waals surface area contributed by atoms with Crippen LogP contribution in [0.3, 0.4) is 0 Å². The summed E-state index contributed by atoms with van der Waals surface area (Å²) in [6.45, 7) is 2.45. The summed E-state index contributed by atoms with van der Waals surface area (Å²) in [4.78, 5) is 15.1. The van der Waals surface area contributed by atoms with E-state index >= 15 is 0 Å². The maximum atomic E-state index is 12.3. The van der Waals surface area contributed by atoms with Gasteiger partial charge in [0, 0.05) is 4.88 Å². The molecule has 3 N–H and O–H groups in total. The summed E-state index contributed by atoms with van der Waals surface area (Å²) >= 11 is 3.08. The van der Waals surface area contributed by atoms with Gasteiger partial charge in [-0.15, -0.1) is 22.7 Å². The van der Waals surface area contributed by atoms with Crippen LogP contribution < -0.4 is 11.1 Å². The second kappa shape index (κ2) is 7.99. The first-order valence-corrected chi connectivity index (χ1v) is 8.57. The zero-order valence-electron chi connectivity index (χ0n) is 11.9. The first-order valence-electron chi connectivity index (χ1n) is 6.87. The van der Waals surface area contributed by atoms with Crippen molar-refractivity contribution in [2.45, 2.75) is 25.8 Å². The molecule has 2 aromatic rings. The van der Waals surface area contributed by atoms with Gasteiger partial charge in [0.15, 0.2) is 0 Å².